The van der Waals surface area contributed by atoms with Crippen molar-refractivity contribution >= 4 is 5.91 Å². The van der Waals surface area contributed by atoms with Gasteiger partial charge in [0.05, 0.1) is 6.04 Å². The summed E-state index contributed by atoms with van der Waals surface area (Å²) < 4.78 is 12.9. The summed E-state index contributed by atoms with van der Waals surface area (Å²) in [6.07, 6.45) is 6.07. The number of carbonyl (C=O) groups excluding carboxylic acids is 1. The summed E-state index contributed by atoms with van der Waals surface area (Å²) in [5, 5.41) is 6.57. The number of benzene rings is 1. The molecule has 0 bridgehead atoms. The van der Waals surface area contributed by atoms with Crippen molar-refractivity contribution in [3.05, 3.63) is 35.6 Å². The summed E-state index contributed by atoms with van der Waals surface area (Å²) in [5.74, 6) is 0.619. The van der Waals surface area contributed by atoms with Crippen LogP contribution >= 0.6 is 0 Å². The molecule has 1 saturated carbocycles. The number of fused-ring (bicyclic) bond motifs is 1. The number of nitrogens with zero attached hydrogens (tertiary/aromatic N) is 1. The van der Waals surface area contributed by atoms with Crippen LogP contribution in [-0.2, 0) is 11.3 Å². The third-order valence-corrected chi connectivity index (χ3v) is 5.34. The fourth-order valence-electron chi connectivity index (χ4n) is 3.99. The Balaban J connectivity index is 1.36. The molecule has 2 N–H and O–H groups in total. The van der Waals surface area contributed by atoms with Crippen molar-refractivity contribution in [2.75, 3.05) is 20.1 Å². The molecule has 1 aromatic carbocycles. The van der Waals surface area contributed by atoms with E-state index < -0.39 is 0 Å². The van der Waals surface area contributed by atoms with Gasteiger partial charge in [-0.2, -0.15) is 0 Å². The van der Waals surface area contributed by atoms with E-state index in [1.807, 2.05) is 7.05 Å². The molecule has 4 nitrogen and oxygen atoms in total. The van der Waals surface area contributed by atoms with E-state index in [1.165, 1.54) is 37.8 Å². The Bertz CT molecular complexity index is 534. The number of hydrogen-bond acceptors (Lipinski definition) is 3. The number of amides is 1. The van der Waals surface area contributed by atoms with Crippen molar-refractivity contribution in [3.63, 3.8) is 0 Å². The Hall–Kier alpha value is -1.46. The highest BCUT2D eigenvalue weighted by Crippen LogP contribution is 2.33. The fraction of sp³-hybridized carbons (Fsp3) is 0.632. The molecule has 132 valence electrons. The van der Waals surface area contributed by atoms with Crippen LogP contribution in [0.25, 0.3) is 0 Å². The lowest BCUT2D eigenvalue weighted by atomic mass is 9.85. The maximum absolute atomic E-state index is 12.9. The molecule has 2 aliphatic rings. The predicted molar refractivity (Wildman–Crippen MR) is 93.0 cm³/mol. The lowest BCUT2D eigenvalue weighted by Gasteiger charge is -2.24. The quantitative estimate of drug-likeness (QED) is 0.840. The Morgan fingerprint density at radius 2 is 2.04 bits per heavy atom. The summed E-state index contributed by atoms with van der Waals surface area (Å²) in [4.78, 5) is 14.5. The topological polar surface area (TPSA) is 44.4 Å². The van der Waals surface area contributed by atoms with Crippen molar-refractivity contribution < 1.29 is 9.18 Å². The largest absolute Gasteiger partial charge is 0.353 e. The van der Waals surface area contributed by atoms with Crippen LogP contribution in [0.4, 0.5) is 4.39 Å². The molecule has 2 fully saturated rings. The summed E-state index contributed by atoms with van der Waals surface area (Å²) in [5.41, 5.74) is 1.08. The van der Waals surface area contributed by atoms with E-state index in [4.69, 9.17) is 0 Å². The number of halogens is 1. The van der Waals surface area contributed by atoms with E-state index in [0.29, 0.717) is 18.5 Å². The standard InChI is InChI=1S/C19H28FN3O/c1-23(13-14-6-8-16(20)9-7-14)11-10-21-19(24)18-12-15-4-2-3-5-17(15)22-18/h6-9,15,17-18,22H,2-5,10-13H2,1H3,(H,21,24). The number of nitrogens with one attached hydrogen (secondary N) is 2. The normalized spacial score (nSPS) is 26.4. The molecule has 1 aliphatic carbocycles. The lowest BCUT2D eigenvalue weighted by molar-refractivity contribution is -0.122. The zero-order chi connectivity index (χ0) is 16.9. The molecule has 1 aromatic rings. The van der Waals surface area contributed by atoms with Crippen LogP contribution in [0.15, 0.2) is 24.3 Å². The van der Waals surface area contributed by atoms with Gasteiger partial charge >= 0.3 is 0 Å². The first kappa shape index (κ1) is 17.4. The third kappa shape index (κ3) is 4.54. The first-order valence-electron chi connectivity index (χ1n) is 9.08. The molecule has 1 saturated heterocycles. The minimum absolute atomic E-state index is 0.0134. The van der Waals surface area contributed by atoms with Crippen molar-refractivity contribution in [2.24, 2.45) is 5.92 Å². The number of carbonyl (C=O) groups is 1. The molecule has 1 heterocycles. The fourth-order valence-corrected chi connectivity index (χ4v) is 3.99. The average molecular weight is 333 g/mol. The Morgan fingerprint density at radius 3 is 2.79 bits per heavy atom. The maximum Gasteiger partial charge on any atom is 0.237 e. The highest BCUT2D eigenvalue weighted by molar-refractivity contribution is 5.82. The zero-order valence-electron chi connectivity index (χ0n) is 14.4. The molecule has 3 rings (SSSR count). The Morgan fingerprint density at radius 1 is 1.29 bits per heavy atom. The van der Waals surface area contributed by atoms with Gasteiger partial charge in [-0.25, -0.2) is 4.39 Å². The lowest BCUT2D eigenvalue weighted by Crippen LogP contribution is -2.44. The molecule has 1 aliphatic heterocycles. The minimum atomic E-state index is -0.210. The molecule has 24 heavy (non-hydrogen) atoms. The predicted octanol–water partition coefficient (Wildman–Crippen LogP) is 2.29. The second-order valence-electron chi connectivity index (χ2n) is 7.26. The average Bonchev–Trinajstić information content (AvgIpc) is 3.01. The number of likely N-dealkylation sites (N-methyl/N-ethyl adjacent to an activating group) is 1. The van der Waals surface area contributed by atoms with Gasteiger partial charge in [0.25, 0.3) is 0 Å². The van der Waals surface area contributed by atoms with E-state index in [-0.39, 0.29) is 17.8 Å². The highest BCUT2D eigenvalue weighted by Gasteiger charge is 2.37. The van der Waals surface area contributed by atoms with Gasteiger partial charge in [-0.05, 0) is 49.9 Å². The van der Waals surface area contributed by atoms with E-state index in [2.05, 4.69) is 15.5 Å². The van der Waals surface area contributed by atoms with Gasteiger partial charge in [-0.3, -0.25) is 4.79 Å². The van der Waals surface area contributed by atoms with Gasteiger partial charge in [0, 0.05) is 25.7 Å². The van der Waals surface area contributed by atoms with Crippen LogP contribution in [-0.4, -0.2) is 43.0 Å². The van der Waals surface area contributed by atoms with Crippen LogP contribution < -0.4 is 10.6 Å². The number of rotatable bonds is 6. The summed E-state index contributed by atoms with van der Waals surface area (Å²) in [6, 6.07) is 7.10. The van der Waals surface area contributed by atoms with Crippen molar-refractivity contribution in [2.45, 2.75) is 50.7 Å². The Labute approximate surface area is 143 Å². The summed E-state index contributed by atoms with van der Waals surface area (Å²) >= 11 is 0. The smallest absolute Gasteiger partial charge is 0.237 e. The van der Waals surface area contributed by atoms with E-state index in [1.54, 1.807) is 12.1 Å². The maximum atomic E-state index is 12.9. The number of hydrogen-bond donors (Lipinski definition) is 2. The third-order valence-electron chi connectivity index (χ3n) is 5.34. The molecular formula is C19H28FN3O. The zero-order valence-corrected chi connectivity index (χ0v) is 14.4. The molecule has 0 aromatic heterocycles. The SMILES string of the molecule is CN(CCNC(=O)C1CC2CCCCC2N1)Cc1ccc(F)cc1. The summed E-state index contributed by atoms with van der Waals surface area (Å²) in [6.45, 7) is 2.18. The Kier molecular flexibility index (Phi) is 5.85. The molecule has 0 radical (unpaired) electrons. The first-order valence-corrected chi connectivity index (χ1v) is 9.08. The molecule has 3 atom stereocenters. The van der Waals surface area contributed by atoms with E-state index >= 15 is 0 Å². The second kappa shape index (κ2) is 8.08. The second-order valence-corrected chi connectivity index (χ2v) is 7.26. The van der Waals surface area contributed by atoms with Gasteiger partial charge in [0.1, 0.15) is 5.82 Å². The molecule has 5 heteroatoms. The van der Waals surface area contributed by atoms with Gasteiger partial charge < -0.3 is 15.5 Å². The van der Waals surface area contributed by atoms with Crippen molar-refractivity contribution in [1.82, 2.24) is 15.5 Å². The van der Waals surface area contributed by atoms with Gasteiger partial charge in [0.2, 0.25) is 5.91 Å². The molecule has 1 amide bonds. The summed E-state index contributed by atoms with van der Waals surface area (Å²) in [7, 11) is 2.01. The van der Waals surface area contributed by atoms with Crippen LogP contribution in [0.5, 0.6) is 0 Å². The van der Waals surface area contributed by atoms with Gasteiger partial charge in [0.15, 0.2) is 0 Å². The van der Waals surface area contributed by atoms with Crippen molar-refractivity contribution in [3.8, 4) is 0 Å². The van der Waals surface area contributed by atoms with Crippen LogP contribution in [0.1, 0.15) is 37.7 Å². The highest BCUT2D eigenvalue weighted by atomic mass is 19.1. The van der Waals surface area contributed by atoms with Crippen molar-refractivity contribution in [1.29, 1.82) is 0 Å². The minimum Gasteiger partial charge on any atom is -0.353 e. The molecule has 3 unspecified atom stereocenters. The molecular weight excluding hydrogens is 305 g/mol. The monoisotopic (exact) mass is 333 g/mol. The first-order chi connectivity index (χ1) is 11.6. The van der Waals surface area contributed by atoms with Gasteiger partial charge in [-0.15, -0.1) is 0 Å². The molecule has 0 spiro atoms. The van der Waals surface area contributed by atoms with Crippen LogP contribution in [0.2, 0.25) is 0 Å². The van der Waals surface area contributed by atoms with Gasteiger partial charge in [-0.1, -0.05) is 25.0 Å². The van der Waals surface area contributed by atoms with Crippen LogP contribution in [0, 0.1) is 11.7 Å². The van der Waals surface area contributed by atoms with E-state index in [9.17, 15) is 9.18 Å². The van der Waals surface area contributed by atoms with Crippen LogP contribution in [0.3, 0.4) is 0 Å². The van der Waals surface area contributed by atoms with E-state index in [0.717, 1.165) is 25.1 Å².